The normalized spacial score (nSPS) is 16.2. The highest BCUT2D eigenvalue weighted by Crippen LogP contribution is 2.35. The van der Waals surface area contributed by atoms with Crippen LogP contribution in [0, 0.1) is 0 Å². The summed E-state index contributed by atoms with van der Waals surface area (Å²) in [5.74, 6) is 0.264. The summed E-state index contributed by atoms with van der Waals surface area (Å²) < 4.78 is 16.8. The quantitative estimate of drug-likeness (QED) is 0.128. The molecular formula is C24H27BrN4O7. The van der Waals surface area contributed by atoms with E-state index in [0.717, 1.165) is 0 Å². The van der Waals surface area contributed by atoms with Gasteiger partial charge >= 0.3 is 12.0 Å². The van der Waals surface area contributed by atoms with Crippen molar-refractivity contribution in [3.05, 3.63) is 63.3 Å². The topological polar surface area (TPSA) is 151 Å². The molecule has 1 heterocycles. The van der Waals surface area contributed by atoms with Gasteiger partial charge in [0.25, 0.3) is 0 Å². The lowest BCUT2D eigenvalue weighted by molar-refractivity contribution is -0.136. The number of nitrogens with zero attached hydrogens (tertiary/aromatic N) is 1. The summed E-state index contributed by atoms with van der Waals surface area (Å²) in [7, 11) is 1.27. The Labute approximate surface area is 216 Å². The minimum atomic E-state index is -1.13. The second-order valence-corrected chi connectivity index (χ2v) is 8.48. The van der Waals surface area contributed by atoms with Gasteiger partial charge in [0, 0.05) is 5.70 Å². The number of carbonyl (C=O) groups excluding carboxylic acids is 2. The number of rotatable bonds is 10. The zero-order valence-electron chi connectivity index (χ0n) is 19.9. The van der Waals surface area contributed by atoms with Crippen molar-refractivity contribution in [2.45, 2.75) is 26.1 Å². The zero-order chi connectivity index (χ0) is 26.2. The van der Waals surface area contributed by atoms with Crippen molar-refractivity contribution in [2.75, 3.05) is 20.3 Å². The van der Waals surface area contributed by atoms with Gasteiger partial charge in [-0.25, -0.2) is 9.59 Å². The number of hydrogen-bond donors (Lipinski definition) is 5. The molecule has 1 aliphatic heterocycles. The van der Waals surface area contributed by atoms with E-state index in [1.54, 1.807) is 44.2 Å². The number of phenolic OH excluding ortho intramolecular Hbond substituents is 1. The molecule has 0 unspecified atom stereocenters. The van der Waals surface area contributed by atoms with Gasteiger partial charge in [0.05, 0.1) is 36.0 Å². The molecule has 12 heteroatoms. The van der Waals surface area contributed by atoms with Gasteiger partial charge in [-0.1, -0.05) is 6.07 Å². The Hall–Kier alpha value is -3.77. The maximum Gasteiger partial charge on any atom is 0.337 e. The Morgan fingerprint density at radius 3 is 2.72 bits per heavy atom. The Balaban J connectivity index is 1.70. The maximum absolute atomic E-state index is 12.3. The molecule has 36 heavy (non-hydrogen) atoms. The number of esters is 1. The molecule has 1 aliphatic rings. The second kappa shape index (κ2) is 12.3. The summed E-state index contributed by atoms with van der Waals surface area (Å²) >= 11 is 3.22. The van der Waals surface area contributed by atoms with E-state index in [-0.39, 0.29) is 17.9 Å². The van der Waals surface area contributed by atoms with Gasteiger partial charge < -0.3 is 35.1 Å². The number of halogens is 1. The van der Waals surface area contributed by atoms with E-state index in [2.05, 4.69) is 37.1 Å². The smallest absolute Gasteiger partial charge is 0.337 e. The summed E-state index contributed by atoms with van der Waals surface area (Å²) in [4.78, 5) is 24.4. The summed E-state index contributed by atoms with van der Waals surface area (Å²) in [5, 5.41) is 29.0. The van der Waals surface area contributed by atoms with Crippen LogP contribution in [-0.2, 0) is 9.53 Å². The fraction of sp³-hybridized carbons (Fsp3) is 0.292. The number of aliphatic hydroxyl groups is 1. The molecule has 2 aromatic rings. The van der Waals surface area contributed by atoms with Crippen molar-refractivity contribution in [1.82, 2.24) is 16.1 Å². The number of urea groups is 1. The van der Waals surface area contributed by atoms with Crippen molar-refractivity contribution < 1.29 is 34.0 Å². The van der Waals surface area contributed by atoms with Crippen LogP contribution in [0.5, 0.6) is 17.2 Å². The van der Waals surface area contributed by atoms with Crippen molar-refractivity contribution >= 4 is 34.1 Å². The molecule has 0 bridgehead atoms. The Morgan fingerprint density at radius 2 is 2.03 bits per heavy atom. The molecule has 0 saturated carbocycles. The minimum Gasteiger partial charge on any atom is -0.507 e. The lowest BCUT2D eigenvalue weighted by atomic mass is 9.95. The Bertz CT molecular complexity index is 1190. The van der Waals surface area contributed by atoms with Crippen LogP contribution in [0.2, 0.25) is 0 Å². The molecule has 0 radical (unpaired) electrons. The second-order valence-electron chi connectivity index (χ2n) is 7.63. The molecule has 0 aliphatic carbocycles. The van der Waals surface area contributed by atoms with Crippen LogP contribution in [-0.4, -0.2) is 55.0 Å². The third-order valence-corrected chi connectivity index (χ3v) is 5.72. The molecule has 0 aromatic heterocycles. The molecule has 0 fully saturated rings. The van der Waals surface area contributed by atoms with E-state index in [1.165, 1.54) is 19.4 Å². The molecule has 3 rings (SSSR count). The van der Waals surface area contributed by atoms with Gasteiger partial charge in [-0.15, -0.1) is 0 Å². The van der Waals surface area contributed by atoms with Crippen LogP contribution in [0.4, 0.5) is 4.79 Å². The first-order chi connectivity index (χ1) is 17.2. The first-order valence-electron chi connectivity index (χ1n) is 10.9. The van der Waals surface area contributed by atoms with E-state index in [0.29, 0.717) is 39.4 Å². The average Bonchev–Trinajstić information content (AvgIpc) is 2.84. The van der Waals surface area contributed by atoms with E-state index in [4.69, 9.17) is 14.2 Å². The molecular weight excluding hydrogens is 536 g/mol. The van der Waals surface area contributed by atoms with E-state index in [1.807, 2.05) is 0 Å². The highest BCUT2D eigenvalue weighted by Gasteiger charge is 2.32. The monoisotopic (exact) mass is 562 g/mol. The SMILES string of the molecule is CCOc1cc([C@@H]2NC(=O)NC(C)=C2C(=O)OC)ccc1OC[C@H](O)N/N=C\c1ccc(O)c(Br)c1. The number of hydrazone groups is 1. The fourth-order valence-corrected chi connectivity index (χ4v) is 3.82. The molecule has 0 spiro atoms. The number of benzene rings is 2. The number of nitrogens with one attached hydrogen (secondary N) is 3. The van der Waals surface area contributed by atoms with Crippen LogP contribution in [0.25, 0.3) is 0 Å². The highest BCUT2D eigenvalue weighted by atomic mass is 79.9. The number of amides is 2. The third-order valence-electron chi connectivity index (χ3n) is 5.08. The van der Waals surface area contributed by atoms with Gasteiger partial charge in [-0.3, -0.25) is 5.43 Å². The zero-order valence-corrected chi connectivity index (χ0v) is 21.5. The van der Waals surface area contributed by atoms with Crippen molar-refractivity contribution in [3.63, 3.8) is 0 Å². The molecule has 192 valence electrons. The van der Waals surface area contributed by atoms with Crippen LogP contribution < -0.4 is 25.5 Å². The number of carbonyl (C=O) groups is 2. The number of hydrogen-bond acceptors (Lipinski definition) is 9. The van der Waals surface area contributed by atoms with Crippen molar-refractivity contribution in [2.24, 2.45) is 5.10 Å². The van der Waals surface area contributed by atoms with Crippen LogP contribution in [0.1, 0.15) is 31.0 Å². The lowest BCUT2D eigenvalue weighted by Gasteiger charge is -2.28. The summed E-state index contributed by atoms with van der Waals surface area (Å²) in [6.07, 6.45) is 0.353. The van der Waals surface area contributed by atoms with E-state index in [9.17, 15) is 19.8 Å². The predicted octanol–water partition coefficient (Wildman–Crippen LogP) is 2.68. The van der Waals surface area contributed by atoms with Crippen molar-refractivity contribution in [3.8, 4) is 17.2 Å². The predicted molar refractivity (Wildman–Crippen MR) is 135 cm³/mol. The van der Waals surface area contributed by atoms with Gasteiger partial charge in [0.15, 0.2) is 17.7 Å². The van der Waals surface area contributed by atoms with Gasteiger partial charge in [0.1, 0.15) is 12.4 Å². The van der Waals surface area contributed by atoms with Crippen LogP contribution in [0.15, 0.2) is 57.2 Å². The first kappa shape index (κ1) is 26.8. The molecule has 11 nitrogen and oxygen atoms in total. The van der Waals surface area contributed by atoms with Gasteiger partial charge in [-0.2, -0.15) is 5.10 Å². The van der Waals surface area contributed by atoms with Gasteiger partial charge in [-0.05, 0) is 71.2 Å². The molecule has 5 N–H and O–H groups in total. The summed E-state index contributed by atoms with van der Waals surface area (Å²) in [6.45, 7) is 3.62. The number of methoxy groups -OCH3 is 1. The average molecular weight is 563 g/mol. The Morgan fingerprint density at radius 1 is 1.25 bits per heavy atom. The highest BCUT2D eigenvalue weighted by molar-refractivity contribution is 9.10. The number of ether oxygens (including phenoxy) is 3. The largest absolute Gasteiger partial charge is 0.507 e. The summed E-state index contributed by atoms with van der Waals surface area (Å²) in [5.41, 5.74) is 4.51. The maximum atomic E-state index is 12.3. The van der Waals surface area contributed by atoms with E-state index >= 15 is 0 Å². The fourth-order valence-electron chi connectivity index (χ4n) is 3.42. The molecule has 2 atom stereocenters. The Kier molecular flexibility index (Phi) is 9.14. The lowest BCUT2D eigenvalue weighted by Crippen LogP contribution is -2.45. The van der Waals surface area contributed by atoms with Gasteiger partial charge in [0.2, 0.25) is 0 Å². The number of aromatic hydroxyl groups is 1. The first-order valence-corrected chi connectivity index (χ1v) is 11.7. The number of phenols is 1. The molecule has 2 aromatic carbocycles. The molecule has 2 amide bonds. The van der Waals surface area contributed by atoms with Crippen LogP contribution in [0.3, 0.4) is 0 Å². The standard InChI is InChI=1S/C24H27BrN4O7/c1-4-35-19-10-15(22-21(23(32)34-3)13(2)27-24(33)28-22)6-8-18(19)36-12-20(31)29-26-11-14-5-7-17(30)16(25)9-14/h5-11,20,22,29-31H,4,12H2,1-3H3,(H2,27,28,33)/b26-11-/t20-,22-/m0/s1. The number of aliphatic hydroxyl groups excluding tert-OH is 1. The minimum absolute atomic E-state index is 0.111. The van der Waals surface area contributed by atoms with Crippen molar-refractivity contribution in [1.29, 1.82) is 0 Å². The summed E-state index contributed by atoms with van der Waals surface area (Å²) in [6, 6.07) is 8.63. The molecule has 0 saturated heterocycles. The number of allylic oxidation sites excluding steroid dienone is 1. The van der Waals surface area contributed by atoms with Crippen LogP contribution >= 0.6 is 15.9 Å². The third kappa shape index (κ3) is 6.67. The van der Waals surface area contributed by atoms with E-state index < -0.39 is 24.3 Å².